The Morgan fingerprint density at radius 1 is 1.77 bits per heavy atom. The number of carboxylic acid groups (broad SMARTS) is 1. The summed E-state index contributed by atoms with van der Waals surface area (Å²) < 4.78 is 3.70. The van der Waals surface area contributed by atoms with Crippen LogP contribution < -0.4 is 0 Å². The Kier molecular flexibility index (Phi) is 2.92. The fourth-order valence-corrected chi connectivity index (χ4v) is 1.30. The molecule has 0 saturated carbocycles. The smallest absolute Gasteiger partial charge is 0.319 e. The Balaban J connectivity index is 2.47. The second-order valence-electron chi connectivity index (χ2n) is 2.95. The van der Waals surface area contributed by atoms with Gasteiger partial charge in [0.15, 0.2) is 5.82 Å². The molecular formula is C7H10N2O3S. The van der Waals surface area contributed by atoms with E-state index in [1.807, 2.05) is 0 Å². The Morgan fingerprint density at radius 3 is 2.92 bits per heavy atom. The molecule has 0 aromatic carbocycles. The summed E-state index contributed by atoms with van der Waals surface area (Å²) in [6.45, 7) is 3.28. The summed E-state index contributed by atoms with van der Waals surface area (Å²) in [4.78, 5) is 14.5. The first-order valence-electron chi connectivity index (χ1n) is 3.65. The molecular weight excluding hydrogens is 192 g/mol. The van der Waals surface area contributed by atoms with Gasteiger partial charge in [-0.05, 0) is 13.8 Å². The fourth-order valence-electron chi connectivity index (χ4n) is 0.563. The average Bonchev–Trinajstić information content (AvgIpc) is 2.52. The van der Waals surface area contributed by atoms with Crippen molar-refractivity contribution in [2.45, 2.75) is 24.3 Å². The number of hydrogen-bond acceptors (Lipinski definition) is 5. The number of aromatic nitrogens is 2. The fraction of sp³-hybridized carbons (Fsp3) is 0.571. The Labute approximate surface area is 79.5 Å². The largest absolute Gasteiger partial charge is 0.480 e. The van der Waals surface area contributed by atoms with E-state index in [2.05, 4.69) is 14.7 Å². The van der Waals surface area contributed by atoms with Crippen molar-refractivity contribution in [1.29, 1.82) is 0 Å². The first-order valence-corrected chi connectivity index (χ1v) is 4.63. The second kappa shape index (κ2) is 3.78. The molecule has 0 amide bonds. The summed E-state index contributed by atoms with van der Waals surface area (Å²) in [7, 11) is 0. The van der Waals surface area contributed by atoms with Crippen molar-refractivity contribution in [3.8, 4) is 0 Å². The van der Waals surface area contributed by atoms with Crippen LogP contribution in [0.25, 0.3) is 0 Å². The van der Waals surface area contributed by atoms with Gasteiger partial charge in [-0.2, -0.15) is 4.98 Å². The lowest BCUT2D eigenvalue weighted by Gasteiger charge is -2.16. The van der Waals surface area contributed by atoms with Gasteiger partial charge in [0.2, 0.25) is 6.39 Å². The molecule has 1 aromatic rings. The highest BCUT2D eigenvalue weighted by Gasteiger charge is 2.27. The van der Waals surface area contributed by atoms with Gasteiger partial charge in [-0.15, -0.1) is 11.8 Å². The number of aliphatic carboxylic acids is 1. The second-order valence-corrected chi connectivity index (χ2v) is 4.55. The SMILES string of the molecule is CC(C)(SCc1ncon1)C(=O)O. The first kappa shape index (κ1) is 10.0. The molecule has 0 aliphatic heterocycles. The van der Waals surface area contributed by atoms with Gasteiger partial charge in [0.05, 0.1) is 5.75 Å². The summed E-state index contributed by atoms with van der Waals surface area (Å²) in [6, 6.07) is 0. The average molecular weight is 202 g/mol. The van der Waals surface area contributed by atoms with Gasteiger partial charge in [0.25, 0.3) is 0 Å². The first-order chi connectivity index (χ1) is 6.02. The van der Waals surface area contributed by atoms with Gasteiger partial charge in [-0.25, -0.2) is 0 Å². The van der Waals surface area contributed by atoms with Gasteiger partial charge in [-0.1, -0.05) is 5.16 Å². The summed E-state index contributed by atoms with van der Waals surface area (Å²) >= 11 is 1.26. The van der Waals surface area contributed by atoms with Crippen molar-refractivity contribution in [2.75, 3.05) is 0 Å². The predicted molar refractivity (Wildman–Crippen MR) is 47.3 cm³/mol. The van der Waals surface area contributed by atoms with Crippen LogP contribution in [-0.2, 0) is 10.5 Å². The van der Waals surface area contributed by atoms with Crippen LogP contribution in [0, 0.1) is 0 Å². The lowest BCUT2D eigenvalue weighted by atomic mass is 10.2. The van der Waals surface area contributed by atoms with Crippen LogP contribution in [0.3, 0.4) is 0 Å². The quantitative estimate of drug-likeness (QED) is 0.789. The number of thioether (sulfide) groups is 1. The van der Waals surface area contributed by atoms with Crippen LogP contribution in [-0.4, -0.2) is 26.0 Å². The summed E-state index contributed by atoms with van der Waals surface area (Å²) in [5, 5.41) is 12.4. The van der Waals surface area contributed by atoms with E-state index in [4.69, 9.17) is 5.11 Å². The summed E-state index contributed by atoms with van der Waals surface area (Å²) in [5.74, 6) is 0.107. The molecule has 0 radical (unpaired) electrons. The lowest BCUT2D eigenvalue weighted by Crippen LogP contribution is -2.27. The molecule has 6 heteroatoms. The molecule has 72 valence electrons. The number of carbonyl (C=O) groups is 1. The van der Waals surface area contributed by atoms with Crippen LogP contribution in [0.5, 0.6) is 0 Å². The minimum atomic E-state index is -0.846. The number of hydrogen-bond donors (Lipinski definition) is 1. The highest BCUT2D eigenvalue weighted by molar-refractivity contribution is 8.00. The Morgan fingerprint density at radius 2 is 2.46 bits per heavy atom. The molecule has 1 aromatic heterocycles. The van der Waals surface area contributed by atoms with E-state index in [1.165, 1.54) is 18.2 Å². The summed E-state index contributed by atoms with van der Waals surface area (Å²) in [5.41, 5.74) is 0. The Bertz CT molecular complexity index is 284. The van der Waals surface area contributed by atoms with Crippen LogP contribution in [0.2, 0.25) is 0 Å². The summed E-state index contributed by atoms with van der Waals surface area (Å²) in [6.07, 6.45) is 1.23. The number of nitrogens with zero attached hydrogens (tertiary/aromatic N) is 2. The molecule has 0 unspecified atom stereocenters. The van der Waals surface area contributed by atoms with E-state index in [0.29, 0.717) is 11.6 Å². The van der Waals surface area contributed by atoms with Crippen LogP contribution in [0.4, 0.5) is 0 Å². The van der Waals surface area contributed by atoms with E-state index < -0.39 is 10.7 Å². The molecule has 1 N–H and O–H groups in total. The van der Waals surface area contributed by atoms with Gasteiger partial charge in [0, 0.05) is 0 Å². The zero-order valence-electron chi connectivity index (χ0n) is 7.35. The van der Waals surface area contributed by atoms with Crippen molar-refractivity contribution in [2.24, 2.45) is 0 Å². The zero-order chi connectivity index (χ0) is 9.90. The van der Waals surface area contributed by atoms with E-state index >= 15 is 0 Å². The maximum Gasteiger partial charge on any atom is 0.319 e. The third-order valence-corrected chi connectivity index (χ3v) is 2.78. The van der Waals surface area contributed by atoms with Crippen LogP contribution in [0.15, 0.2) is 10.9 Å². The number of rotatable bonds is 4. The van der Waals surface area contributed by atoms with Gasteiger partial charge in [-0.3, -0.25) is 4.79 Å². The minimum absolute atomic E-state index is 0.440. The molecule has 0 saturated heterocycles. The molecule has 0 bridgehead atoms. The van der Waals surface area contributed by atoms with Crippen LogP contribution >= 0.6 is 11.8 Å². The van der Waals surface area contributed by atoms with E-state index in [0.717, 1.165) is 0 Å². The molecule has 0 spiro atoms. The highest BCUT2D eigenvalue weighted by Crippen LogP contribution is 2.26. The van der Waals surface area contributed by atoms with E-state index in [9.17, 15) is 4.79 Å². The molecule has 1 rings (SSSR count). The number of carboxylic acids is 1. The van der Waals surface area contributed by atoms with Crippen molar-refractivity contribution >= 4 is 17.7 Å². The maximum absolute atomic E-state index is 10.7. The van der Waals surface area contributed by atoms with Crippen molar-refractivity contribution in [3.63, 3.8) is 0 Å². The third-order valence-electron chi connectivity index (χ3n) is 1.48. The van der Waals surface area contributed by atoms with Gasteiger partial charge >= 0.3 is 5.97 Å². The normalized spacial score (nSPS) is 11.5. The van der Waals surface area contributed by atoms with Crippen LogP contribution in [0.1, 0.15) is 19.7 Å². The molecule has 0 atom stereocenters. The lowest BCUT2D eigenvalue weighted by molar-refractivity contribution is -0.138. The standard InChI is InChI=1S/C7H10N2O3S/c1-7(2,6(10)11)13-3-5-8-4-12-9-5/h4H,3H2,1-2H3,(H,10,11). The van der Waals surface area contributed by atoms with E-state index in [-0.39, 0.29) is 0 Å². The predicted octanol–water partition coefficient (Wildman–Crippen LogP) is 1.17. The molecule has 13 heavy (non-hydrogen) atoms. The molecule has 0 aliphatic carbocycles. The maximum atomic E-state index is 10.7. The van der Waals surface area contributed by atoms with Gasteiger partial charge in [0.1, 0.15) is 4.75 Å². The van der Waals surface area contributed by atoms with Crippen molar-refractivity contribution in [1.82, 2.24) is 10.1 Å². The minimum Gasteiger partial charge on any atom is -0.480 e. The monoisotopic (exact) mass is 202 g/mol. The van der Waals surface area contributed by atoms with E-state index in [1.54, 1.807) is 13.8 Å². The van der Waals surface area contributed by atoms with Crippen molar-refractivity contribution < 1.29 is 14.4 Å². The zero-order valence-corrected chi connectivity index (χ0v) is 8.17. The van der Waals surface area contributed by atoms with Gasteiger partial charge < -0.3 is 9.63 Å². The topological polar surface area (TPSA) is 76.2 Å². The molecule has 1 heterocycles. The molecule has 0 fully saturated rings. The van der Waals surface area contributed by atoms with Crippen molar-refractivity contribution in [3.05, 3.63) is 12.2 Å². The third kappa shape index (κ3) is 2.73. The molecule has 0 aliphatic rings. The highest BCUT2D eigenvalue weighted by atomic mass is 32.2. The molecule has 5 nitrogen and oxygen atoms in total. The Hall–Kier alpha value is -1.04.